The van der Waals surface area contributed by atoms with E-state index in [0.29, 0.717) is 17.9 Å². The lowest BCUT2D eigenvalue weighted by molar-refractivity contribution is -0.115. The van der Waals surface area contributed by atoms with Crippen LogP contribution in [0.15, 0.2) is 30.3 Å². The minimum Gasteiger partial charge on any atom is -0.455 e. The Morgan fingerprint density at radius 1 is 1.20 bits per heavy atom. The zero-order chi connectivity index (χ0) is 14.3. The number of nitrogens with one attached hydrogen (secondary N) is 1. The number of rotatable bonds is 2. The Balaban J connectivity index is 2.00. The molecule has 3 N–H and O–H groups in total. The molecule has 4 nitrogen and oxygen atoms in total. The predicted molar refractivity (Wildman–Crippen MR) is 79.2 cm³/mol. The molecular weight excluding hydrogens is 252 g/mol. The van der Waals surface area contributed by atoms with Gasteiger partial charge in [0.25, 0.3) is 0 Å². The number of aryl methyl sites for hydroxylation is 2. The molecule has 0 aliphatic carbocycles. The van der Waals surface area contributed by atoms with E-state index < -0.39 is 0 Å². The molecule has 1 aliphatic rings. The van der Waals surface area contributed by atoms with E-state index in [2.05, 4.69) is 5.32 Å². The number of carbonyl (C=O) groups excluding carboxylic acids is 1. The average molecular weight is 268 g/mol. The van der Waals surface area contributed by atoms with E-state index in [1.54, 1.807) is 12.1 Å². The maximum Gasteiger partial charge on any atom is 0.228 e. The Bertz CT molecular complexity index is 688. The normalized spacial score (nSPS) is 13.0. The summed E-state index contributed by atoms with van der Waals surface area (Å²) in [6.07, 6.45) is 0.378. The largest absolute Gasteiger partial charge is 0.455 e. The molecule has 2 aromatic carbocycles. The van der Waals surface area contributed by atoms with Crippen molar-refractivity contribution in [2.45, 2.75) is 20.3 Å². The first-order chi connectivity index (χ1) is 9.54. The first-order valence-electron chi connectivity index (χ1n) is 6.51. The number of hydrogen-bond donors (Lipinski definition) is 2. The van der Waals surface area contributed by atoms with Gasteiger partial charge in [0.05, 0.1) is 12.1 Å². The summed E-state index contributed by atoms with van der Waals surface area (Å²) in [5.41, 5.74) is 10.4. The van der Waals surface area contributed by atoms with Crippen LogP contribution in [-0.2, 0) is 11.2 Å². The van der Waals surface area contributed by atoms with Crippen LogP contribution in [0.25, 0.3) is 0 Å². The number of nitrogens with two attached hydrogens (primary N) is 1. The molecule has 0 radical (unpaired) electrons. The van der Waals surface area contributed by atoms with E-state index in [9.17, 15) is 4.79 Å². The second-order valence-electron chi connectivity index (χ2n) is 5.10. The molecule has 0 saturated heterocycles. The van der Waals surface area contributed by atoms with Gasteiger partial charge in [0, 0.05) is 11.8 Å². The lowest BCUT2D eigenvalue weighted by atomic mass is 10.1. The van der Waals surface area contributed by atoms with Crippen LogP contribution < -0.4 is 15.8 Å². The van der Waals surface area contributed by atoms with E-state index in [1.165, 1.54) is 0 Å². The van der Waals surface area contributed by atoms with E-state index >= 15 is 0 Å². The smallest absolute Gasteiger partial charge is 0.228 e. The summed E-state index contributed by atoms with van der Waals surface area (Å²) in [5, 5.41) is 2.81. The van der Waals surface area contributed by atoms with Gasteiger partial charge in [-0.15, -0.1) is 0 Å². The molecule has 1 heterocycles. The van der Waals surface area contributed by atoms with Crippen molar-refractivity contribution in [1.82, 2.24) is 0 Å². The van der Waals surface area contributed by atoms with Crippen LogP contribution in [0.4, 0.5) is 11.4 Å². The summed E-state index contributed by atoms with van der Waals surface area (Å²) < 4.78 is 5.95. The van der Waals surface area contributed by atoms with Gasteiger partial charge in [0.15, 0.2) is 5.75 Å². The van der Waals surface area contributed by atoms with Crippen molar-refractivity contribution < 1.29 is 9.53 Å². The van der Waals surface area contributed by atoms with E-state index in [0.717, 1.165) is 28.1 Å². The van der Waals surface area contributed by atoms with Gasteiger partial charge >= 0.3 is 0 Å². The van der Waals surface area contributed by atoms with Crippen molar-refractivity contribution in [2.24, 2.45) is 0 Å². The Morgan fingerprint density at radius 2 is 1.90 bits per heavy atom. The number of para-hydroxylation sites is 1. The maximum atomic E-state index is 11.4. The molecule has 0 fully saturated rings. The molecule has 0 spiro atoms. The highest BCUT2D eigenvalue weighted by atomic mass is 16.5. The third-order valence-electron chi connectivity index (χ3n) is 3.48. The van der Waals surface area contributed by atoms with Crippen LogP contribution >= 0.6 is 0 Å². The lowest BCUT2D eigenvalue weighted by Gasteiger charge is -2.14. The fourth-order valence-electron chi connectivity index (χ4n) is 2.43. The summed E-state index contributed by atoms with van der Waals surface area (Å²) in [7, 11) is 0. The van der Waals surface area contributed by atoms with Crippen molar-refractivity contribution in [3.63, 3.8) is 0 Å². The van der Waals surface area contributed by atoms with Gasteiger partial charge in [0.2, 0.25) is 5.91 Å². The maximum absolute atomic E-state index is 11.4. The van der Waals surface area contributed by atoms with Gasteiger partial charge in [-0.25, -0.2) is 0 Å². The fourth-order valence-corrected chi connectivity index (χ4v) is 2.43. The zero-order valence-corrected chi connectivity index (χ0v) is 11.5. The molecular formula is C16H16N2O2. The SMILES string of the molecule is Cc1cccc(C)c1Oc1cc2c(cc1N)CC(=O)N2. The van der Waals surface area contributed by atoms with Crippen LogP contribution in [-0.4, -0.2) is 5.91 Å². The fraction of sp³-hybridized carbons (Fsp3) is 0.188. The van der Waals surface area contributed by atoms with Crippen molar-refractivity contribution in [2.75, 3.05) is 11.1 Å². The topological polar surface area (TPSA) is 64.3 Å². The van der Waals surface area contributed by atoms with Gasteiger partial charge in [0.1, 0.15) is 5.75 Å². The third-order valence-corrected chi connectivity index (χ3v) is 3.48. The first-order valence-corrected chi connectivity index (χ1v) is 6.51. The number of carbonyl (C=O) groups is 1. The Kier molecular flexibility index (Phi) is 2.86. The number of amides is 1. The highest BCUT2D eigenvalue weighted by molar-refractivity contribution is 6.00. The molecule has 0 unspecified atom stereocenters. The first kappa shape index (κ1) is 12.5. The van der Waals surface area contributed by atoms with Crippen LogP contribution in [0.3, 0.4) is 0 Å². The molecule has 0 aromatic heterocycles. The highest BCUT2D eigenvalue weighted by Crippen LogP contribution is 2.37. The van der Waals surface area contributed by atoms with Crippen molar-refractivity contribution in [3.8, 4) is 11.5 Å². The molecule has 1 aliphatic heterocycles. The Hall–Kier alpha value is -2.49. The van der Waals surface area contributed by atoms with Crippen LogP contribution in [0, 0.1) is 13.8 Å². The highest BCUT2D eigenvalue weighted by Gasteiger charge is 2.20. The standard InChI is InChI=1S/C16H16N2O2/c1-9-4-3-5-10(2)16(9)20-14-8-13-11(6-12(14)17)7-15(19)18-13/h3-6,8H,7,17H2,1-2H3,(H,18,19). The number of fused-ring (bicyclic) bond motifs is 1. The molecule has 0 atom stereocenters. The summed E-state index contributed by atoms with van der Waals surface area (Å²) in [6, 6.07) is 9.57. The van der Waals surface area contributed by atoms with Gasteiger partial charge < -0.3 is 15.8 Å². The molecule has 0 saturated carbocycles. The second-order valence-corrected chi connectivity index (χ2v) is 5.10. The summed E-state index contributed by atoms with van der Waals surface area (Å²) in [4.78, 5) is 11.4. The van der Waals surface area contributed by atoms with Gasteiger partial charge in [-0.05, 0) is 36.6 Å². The molecule has 20 heavy (non-hydrogen) atoms. The van der Waals surface area contributed by atoms with Gasteiger partial charge in [-0.3, -0.25) is 4.79 Å². The Labute approximate surface area is 117 Å². The quantitative estimate of drug-likeness (QED) is 0.822. The number of ether oxygens (including phenoxy) is 1. The van der Waals surface area contributed by atoms with Crippen LogP contribution in [0.2, 0.25) is 0 Å². The predicted octanol–water partition coefficient (Wildman–Crippen LogP) is 3.17. The molecule has 3 rings (SSSR count). The summed E-state index contributed by atoms with van der Waals surface area (Å²) in [5.74, 6) is 1.37. The zero-order valence-electron chi connectivity index (χ0n) is 11.5. The average Bonchev–Trinajstić information content (AvgIpc) is 2.73. The molecule has 1 amide bonds. The summed E-state index contributed by atoms with van der Waals surface area (Å²) in [6.45, 7) is 3.99. The molecule has 4 heteroatoms. The number of anilines is 2. The minimum absolute atomic E-state index is 0.0105. The van der Waals surface area contributed by atoms with E-state index in [1.807, 2.05) is 32.0 Å². The van der Waals surface area contributed by atoms with Crippen LogP contribution in [0.1, 0.15) is 16.7 Å². The molecule has 0 bridgehead atoms. The number of hydrogen-bond acceptors (Lipinski definition) is 3. The van der Waals surface area contributed by atoms with E-state index in [-0.39, 0.29) is 5.91 Å². The summed E-state index contributed by atoms with van der Waals surface area (Å²) >= 11 is 0. The Morgan fingerprint density at radius 3 is 2.60 bits per heavy atom. The van der Waals surface area contributed by atoms with Gasteiger partial charge in [-0.1, -0.05) is 18.2 Å². The molecule has 2 aromatic rings. The van der Waals surface area contributed by atoms with Crippen molar-refractivity contribution in [3.05, 3.63) is 47.0 Å². The minimum atomic E-state index is -0.0105. The number of nitrogen functional groups attached to an aromatic ring is 1. The van der Waals surface area contributed by atoms with Crippen molar-refractivity contribution >= 4 is 17.3 Å². The van der Waals surface area contributed by atoms with Gasteiger partial charge in [-0.2, -0.15) is 0 Å². The van der Waals surface area contributed by atoms with E-state index in [4.69, 9.17) is 10.5 Å². The van der Waals surface area contributed by atoms with Crippen LogP contribution in [0.5, 0.6) is 11.5 Å². The number of benzene rings is 2. The molecule has 102 valence electrons. The second kappa shape index (κ2) is 4.56. The third kappa shape index (κ3) is 2.09. The monoisotopic (exact) mass is 268 g/mol. The van der Waals surface area contributed by atoms with Crippen molar-refractivity contribution in [1.29, 1.82) is 0 Å². The lowest BCUT2D eigenvalue weighted by Crippen LogP contribution is -2.03.